The lowest BCUT2D eigenvalue weighted by Gasteiger charge is -2.16. The van der Waals surface area contributed by atoms with Gasteiger partial charge in [0.2, 0.25) is 20.8 Å². The number of rotatable bonds is 10. The van der Waals surface area contributed by atoms with Crippen LogP contribution in [0, 0.1) is 0 Å². The second-order valence-electron chi connectivity index (χ2n) is 4.41. The van der Waals surface area contributed by atoms with E-state index in [1.165, 1.54) is 0 Å². The molecule has 0 aromatic heterocycles. The van der Waals surface area contributed by atoms with Gasteiger partial charge in [0, 0.05) is 6.08 Å². The molecule has 0 aliphatic rings. The molecule has 4 nitrogen and oxygen atoms in total. The molecule has 19 heavy (non-hydrogen) atoms. The van der Waals surface area contributed by atoms with Crippen molar-refractivity contribution in [3.05, 3.63) is 12.7 Å². The Labute approximate surface area is 114 Å². The number of hydrogen-bond donors (Lipinski definition) is 0. The molecule has 0 aliphatic carbocycles. The van der Waals surface area contributed by atoms with Crippen LogP contribution in [0.15, 0.2) is 12.7 Å². The third kappa shape index (κ3) is 6.71. The summed E-state index contributed by atoms with van der Waals surface area (Å²) in [6.45, 7) is 6.38. The summed E-state index contributed by atoms with van der Waals surface area (Å²) in [4.78, 5) is 10.9. The average Bonchev–Trinajstić information content (AvgIpc) is 2.37. The lowest BCUT2D eigenvalue weighted by Crippen LogP contribution is -2.30. The van der Waals surface area contributed by atoms with Crippen LogP contribution in [0.4, 0.5) is 4.39 Å². The van der Waals surface area contributed by atoms with Crippen LogP contribution < -0.4 is 0 Å². The maximum atomic E-state index is 13.7. The van der Waals surface area contributed by atoms with E-state index in [2.05, 4.69) is 18.2 Å². The molecule has 0 radical (unpaired) electrons. The molecule has 2 atom stereocenters. The molecule has 2 unspecified atom stereocenters. The number of alkyl halides is 1. The lowest BCUT2D eigenvalue weighted by molar-refractivity contribution is -0.138. The van der Waals surface area contributed by atoms with Gasteiger partial charge in [-0.25, -0.2) is 17.6 Å². The molecule has 0 heterocycles. The molecule has 0 saturated carbocycles. The van der Waals surface area contributed by atoms with Crippen LogP contribution in [-0.2, 0) is 19.4 Å². The third-order valence-corrected chi connectivity index (χ3v) is 4.77. The Hall–Kier alpha value is -0.910. The van der Waals surface area contributed by atoms with E-state index in [9.17, 15) is 17.6 Å². The number of halogens is 1. The normalized spacial score (nSPS) is 14.7. The van der Waals surface area contributed by atoms with E-state index < -0.39 is 26.7 Å². The van der Waals surface area contributed by atoms with Crippen molar-refractivity contribution in [1.82, 2.24) is 0 Å². The van der Waals surface area contributed by atoms with Crippen LogP contribution in [0.5, 0.6) is 0 Å². The number of carbonyl (C=O) groups excluding carboxylic acids is 1. The Morgan fingerprint density at radius 2 is 1.89 bits per heavy atom. The number of carbonyl (C=O) groups is 1. The number of sulfone groups is 1. The standard InChI is InChI=1S/C13H23FO4S/c1-4-6-7-8-9-10-12(14)19(16,17)11(3)18-13(15)5-2/h5,11-12H,2,4,6-10H2,1,3H3. The third-order valence-electron chi connectivity index (χ3n) is 2.80. The number of hydrogen-bond acceptors (Lipinski definition) is 4. The number of ether oxygens (including phenoxy) is 1. The molecule has 0 amide bonds. The van der Waals surface area contributed by atoms with Gasteiger partial charge in [-0.1, -0.05) is 39.2 Å². The Kier molecular flexibility index (Phi) is 8.63. The zero-order valence-corrected chi connectivity index (χ0v) is 12.4. The zero-order valence-electron chi connectivity index (χ0n) is 11.6. The first kappa shape index (κ1) is 18.1. The van der Waals surface area contributed by atoms with Crippen LogP contribution in [0.3, 0.4) is 0 Å². The van der Waals surface area contributed by atoms with Crippen LogP contribution in [0.2, 0.25) is 0 Å². The SMILES string of the molecule is C=CC(=O)OC(C)S(=O)(=O)C(F)CCCCCCC. The fraction of sp³-hybridized carbons (Fsp3) is 0.769. The van der Waals surface area contributed by atoms with Crippen molar-refractivity contribution in [3.8, 4) is 0 Å². The van der Waals surface area contributed by atoms with E-state index in [-0.39, 0.29) is 6.42 Å². The highest BCUT2D eigenvalue weighted by Gasteiger charge is 2.33. The van der Waals surface area contributed by atoms with Gasteiger partial charge in [0.05, 0.1) is 0 Å². The summed E-state index contributed by atoms with van der Waals surface area (Å²) in [6.07, 6.45) is 5.24. The molecule has 6 heteroatoms. The van der Waals surface area contributed by atoms with Crippen molar-refractivity contribution in [3.63, 3.8) is 0 Å². The molecule has 0 fully saturated rings. The first-order chi connectivity index (χ1) is 8.86. The fourth-order valence-corrected chi connectivity index (χ4v) is 2.70. The molecule has 0 aromatic carbocycles. The number of unbranched alkanes of at least 4 members (excludes halogenated alkanes) is 4. The lowest BCUT2D eigenvalue weighted by atomic mass is 10.1. The van der Waals surface area contributed by atoms with Crippen LogP contribution in [-0.4, -0.2) is 25.3 Å². The van der Waals surface area contributed by atoms with E-state index in [4.69, 9.17) is 0 Å². The van der Waals surface area contributed by atoms with E-state index in [1.807, 2.05) is 0 Å². The maximum Gasteiger partial charge on any atom is 0.331 e. The zero-order chi connectivity index (χ0) is 14.9. The van der Waals surface area contributed by atoms with Crippen molar-refractivity contribution in [2.24, 2.45) is 0 Å². The summed E-state index contributed by atoms with van der Waals surface area (Å²) in [7, 11) is -4.09. The smallest absolute Gasteiger partial charge is 0.331 e. The van der Waals surface area contributed by atoms with Crippen LogP contribution >= 0.6 is 0 Å². The predicted octanol–water partition coefficient (Wildman–Crippen LogP) is 3.13. The van der Waals surface area contributed by atoms with Crippen molar-refractivity contribution < 1.29 is 22.3 Å². The Balaban J connectivity index is 4.23. The Morgan fingerprint density at radius 3 is 2.42 bits per heavy atom. The largest absolute Gasteiger partial charge is 0.443 e. The predicted molar refractivity (Wildman–Crippen MR) is 72.9 cm³/mol. The average molecular weight is 294 g/mol. The highest BCUT2D eigenvalue weighted by atomic mass is 32.2. The molecule has 0 aromatic rings. The summed E-state index contributed by atoms with van der Waals surface area (Å²) in [6, 6.07) is 0. The summed E-state index contributed by atoms with van der Waals surface area (Å²) < 4.78 is 41.7. The maximum absolute atomic E-state index is 13.7. The van der Waals surface area contributed by atoms with Gasteiger partial charge in [0.1, 0.15) is 0 Å². The highest BCUT2D eigenvalue weighted by molar-refractivity contribution is 7.92. The van der Waals surface area contributed by atoms with Gasteiger partial charge in [-0.2, -0.15) is 0 Å². The molecule has 0 rings (SSSR count). The van der Waals surface area contributed by atoms with E-state index in [0.29, 0.717) is 6.42 Å². The molecule has 0 spiro atoms. The second kappa shape index (κ2) is 9.07. The van der Waals surface area contributed by atoms with Gasteiger partial charge in [-0.15, -0.1) is 0 Å². The molecule has 0 aliphatic heterocycles. The fourth-order valence-electron chi connectivity index (χ4n) is 1.56. The quantitative estimate of drug-likeness (QED) is 0.353. The number of esters is 1. The molecule has 0 saturated heterocycles. The molecule has 0 bridgehead atoms. The van der Waals surface area contributed by atoms with E-state index in [1.54, 1.807) is 0 Å². The molecule has 0 N–H and O–H groups in total. The summed E-state index contributed by atoms with van der Waals surface area (Å²) in [5, 5.41) is 0. The minimum Gasteiger partial charge on any atom is -0.443 e. The van der Waals surface area contributed by atoms with Gasteiger partial charge in [-0.3, -0.25) is 0 Å². The van der Waals surface area contributed by atoms with Gasteiger partial charge < -0.3 is 4.74 Å². The van der Waals surface area contributed by atoms with Gasteiger partial charge in [0.15, 0.2) is 0 Å². The minimum atomic E-state index is -4.09. The van der Waals surface area contributed by atoms with Gasteiger partial charge in [0.25, 0.3) is 0 Å². The van der Waals surface area contributed by atoms with Gasteiger partial charge >= 0.3 is 5.97 Å². The topological polar surface area (TPSA) is 60.4 Å². The summed E-state index contributed by atoms with van der Waals surface area (Å²) in [5.41, 5.74) is -3.47. The van der Waals surface area contributed by atoms with E-state index in [0.717, 1.165) is 38.7 Å². The molecular formula is C13H23FO4S. The van der Waals surface area contributed by atoms with Crippen LogP contribution in [0.25, 0.3) is 0 Å². The summed E-state index contributed by atoms with van der Waals surface area (Å²) in [5.74, 6) is -0.869. The van der Waals surface area contributed by atoms with Crippen molar-refractivity contribution in [1.29, 1.82) is 0 Å². The van der Waals surface area contributed by atoms with Crippen molar-refractivity contribution >= 4 is 15.8 Å². The van der Waals surface area contributed by atoms with E-state index >= 15 is 0 Å². The van der Waals surface area contributed by atoms with Crippen molar-refractivity contribution in [2.45, 2.75) is 63.3 Å². The Morgan fingerprint density at radius 1 is 1.32 bits per heavy atom. The monoisotopic (exact) mass is 294 g/mol. The molecule has 112 valence electrons. The van der Waals surface area contributed by atoms with Crippen molar-refractivity contribution in [2.75, 3.05) is 0 Å². The summed E-state index contributed by atoms with van der Waals surface area (Å²) >= 11 is 0. The highest BCUT2D eigenvalue weighted by Crippen LogP contribution is 2.19. The Bertz CT molecular complexity index is 378. The second-order valence-corrected chi connectivity index (χ2v) is 6.76. The van der Waals surface area contributed by atoms with Gasteiger partial charge in [-0.05, 0) is 19.8 Å². The molecular weight excluding hydrogens is 271 g/mol. The minimum absolute atomic E-state index is 0.0535. The first-order valence-electron chi connectivity index (χ1n) is 6.56. The van der Waals surface area contributed by atoms with Crippen LogP contribution in [0.1, 0.15) is 52.4 Å². The first-order valence-corrected chi connectivity index (χ1v) is 8.17.